The van der Waals surface area contributed by atoms with Gasteiger partial charge in [-0.3, -0.25) is 0 Å². The first kappa shape index (κ1) is 17.8. The smallest absolute Gasteiger partial charge is 0.407 e. The summed E-state index contributed by atoms with van der Waals surface area (Å²) in [4.78, 5) is 22.4. The van der Waals surface area contributed by atoms with E-state index >= 15 is 0 Å². The molecule has 0 radical (unpaired) electrons. The monoisotopic (exact) mass is 354 g/mol. The number of benzene rings is 2. The van der Waals surface area contributed by atoms with Gasteiger partial charge in [-0.15, -0.1) is 0 Å². The number of carbonyl (C=O) groups excluding carboxylic acids is 2. The van der Waals surface area contributed by atoms with Crippen LogP contribution < -0.4 is 11.1 Å². The van der Waals surface area contributed by atoms with Gasteiger partial charge in [0.15, 0.2) is 0 Å². The van der Waals surface area contributed by atoms with Gasteiger partial charge in [0, 0.05) is 12.5 Å². The maximum absolute atomic E-state index is 11.9. The van der Waals surface area contributed by atoms with E-state index in [0.29, 0.717) is 26.0 Å². The Balaban J connectivity index is 1.49. The standard InChI is InChI=1S/C20H22N2O4/c21-19(23)25-12-6-5-11-22-20(24)26-13-18-16-9-3-1-7-14(16)15-8-2-4-10-17(15)18/h1-4,7-10,18H,5-6,11-13H2,(H2,21,23)(H,22,24). The Bertz CT molecular complexity index is 745. The number of hydrogen-bond donors (Lipinski definition) is 2. The SMILES string of the molecule is NC(=O)OCCCCNC(=O)OCC1c2ccccc2-c2ccccc21. The Morgan fingerprint density at radius 2 is 1.54 bits per heavy atom. The average molecular weight is 354 g/mol. The zero-order valence-electron chi connectivity index (χ0n) is 14.4. The average Bonchev–Trinajstić information content (AvgIpc) is 2.96. The van der Waals surface area contributed by atoms with Gasteiger partial charge >= 0.3 is 12.2 Å². The number of rotatable bonds is 7. The fraction of sp³-hybridized carbons (Fsp3) is 0.300. The number of nitrogens with two attached hydrogens (primary N) is 1. The number of carbonyl (C=O) groups is 2. The Hall–Kier alpha value is -3.02. The summed E-state index contributed by atoms with van der Waals surface area (Å²) in [6, 6.07) is 16.4. The molecule has 0 aliphatic heterocycles. The summed E-state index contributed by atoms with van der Waals surface area (Å²) in [6.45, 7) is 1.01. The second kappa shape index (κ2) is 8.38. The molecule has 0 atom stereocenters. The van der Waals surface area contributed by atoms with E-state index in [-0.39, 0.29) is 12.5 Å². The molecule has 0 spiro atoms. The lowest BCUT2D eigenvalue weighted by Gasteiger charge is -2.14. The van der Waals surface area contributed by atoms with Gasteiger partial charge in [0.25, 0.3) is 0 Å². The summed E-state index contributed by atoms with van der Waals surface area (Å²) in [5.74, 6) is 0.0529. The predicted octanol–water partition coefficient (Wildman–Crippen LogP) is 3.40. The Kier molecular flexibility index (Phi) is 5.73. The molecule has 0 bridgehead atoms. The van der Waals surface area contributed by atoms with Crippen molar-refractivity contribution in [2.24, 2.45) is 5.73 Å². The van der Waals surface area contributed by atoms with Crippen LogP contribution in [0.5, 0.6) is 0 Å². The van der Waals surface area contributed by atoms with E-state index in [1.165, 1.54) is 22.3 Å². The van der Waals surface area contributed by atoms with Gasteiger partial charge in [0.2, 0.25) is 0 Å². The van der Waals surface area contributed by atoms with Crippen LogP contribution in [0.1, 0.15) is 29.9 Å². The summed E-state index contributed by atoms with van der Waals surface area (Å²) in [5.41, 5.74) is 9.64. The van der Waals surface area contributed by atoms with E-state index in [0.717, 1.165) is 0 Å². The lowest BCUT2D eigenvalue weighted by atomic mass is 9.98. The number of alkyl carbamates (subject to hydrolysis) is 1. The Labute approximate surface area is 152 Å². The molecule has 3 N–H and O–H groups in total. The van der Waals surface area contributed by atoms with Gasteiger partial charge in [-0.2, -0.15) is 0 Å². The van der Waals surface area contributed by atoms with Crippen LogP contribution in [-0.4, -0.2) is 31.9 Å². The van der Waals surface area contributed by atoms with Crippen LogP contribution in [-0.2, 0) is 9.47 Å². The van der Waals surface area contributed by atoms with Crippen LogP contribution in [0, 0.1) is 0 Å². The molecular formula is C20H22N2O4. The number of fused-ring (bicyclic) bond motifs is 3. The zero-order valence-corrected chi connectivity index (χ0v) is 14.4. The molecule has 1 aliphatic carbocycles. The number of hydrogen-bond acceptors (Lipinski definition) is 4. The Morgan fingerprint density at radius 1 is 0.923 bits per heavy atom. The van der Waals surface area contributed by atoms with Crippen molar-refractivity contribution < 1.29 is 19.1 Å². The molecular weight excluding hydrogens is 332 g/mol. The Morgan fingerprint density at radius 3 is 2.15 bits per heavy atom. The predicted molar refractivity (Wildman–Crippen MR) is 97.8 cm³/mol. The third-order valence-corrected chi connectivity index (χ3v) is 4.43. The van der Waals surface area contributed by atoms with Gasteiger partial charge in [-0.1, -0.05) is 48.5 Å². The van der Waals surface area contributed by atoms with Gasteiger partial charge in [0.1, 0.15) is 6.61 Å². The lowest BCUT2D eigenvalue weighted by molar-refractivity contribution is 0.141. The van der Waals surface area contributed by atoms with Crippen LogP contribution in [0.4, 0.5) is 9.59 Å². The fourth-order valence-corrected chi connectivity index (χ4v) is 3.24. The molecule has 0 saturated heterocycles. The topological polar surface area (TPSA) is 90.7 Å². The number of unbranched alkanes of at least 4 members (excludes halogenated alkanes) is 1. The summed E-state index contributed by atoms with van der Waals surface area (Å²) >= 11 is 0. The van der Waals surface area contributed by atoms with Crippen molar-refractivity contribution >= 4 is 12.2 Å². The first-order valence-corrected chi connectivity index (χ1v) is 8.68. The highest BCUT2D eigenvalue weighted by molar-refractivity contribution is 5.79. The van der Waals surface area contributed by atoms with Crippen LogP contribution in [0.3, 0.4) is 0 Å². The lowest BCUT2D eigenvalue weighted by Crippen LogP contribution is -2.27. The molecule has 0 unspecified atom stereocenters. The molecule has 1 aliphatic rings. The van der Waals surface area contributed by atoms with E-state index in [1.807, 2.05) is 24.3 Å². The maximum Gasteiger partial charge on any atom is 0.407 e. The second-order valence-corrected chi connectivity index (χ2v) is 6.13. The molecule has 2 amide bonds. The summed E-state index contributed by atoms with van der Waals surface area (Å²) in [6.07, 6.45) is 0.0848. The minimum Gasteiger partial charge on any atom is -0.450 e. The van der Waals surface area contributed by atoms with Crippen LogP contribution in [0.15, 0.2) is 48.5 Å². The third-order valence-electron chi connectivity index (χ3n) is 4.43. The first-order valence-electron chi connectivity index (χ1n) is 8.68. The van der Waals surface area contributed by atoms with Crippen molar-refractivity contribution in [2.45, 2.75) is 18.8 Å². The van der Waals surface area contributed by atoms with E-state index in [9.17, 15) is 9.59 Å². The number of amides is 2. The molecule has 0 heterocycles. The van der Waals surface area contributed by atoms with Crippen molar-refractivity contribution in [1.29, 1.82) is 0 Å². The van der Waals surface area contributed by atoms with Gasteiger partial charge < -0.3 is 20.5 Å². The summed E-state index contributed by atoms with van der Waals surface area (Å²) in [7, 11) is 0. The van der Waals surface area contributed by atoms with E-state index in [2.05, 4.69) is 34.3 Å². The molecule has 2 aromatic rings. The number of primary amides is 1. The zero-order chi connectivity index (χ0) is 18.4. The molecule has 136 valence electrons. The van der Waals surface area contributed by atoms with E-state index in [1.54, 1.807) is 0 Å². The second-order valence-electron chi connectivity index (χ2n) is 6.13. The molecule has 6 nitrogen and oxygen atoms in total. The minimum atomic E-state index is -0.783. The normalized spacial score (nSPS) is 12.2. The number of nitrogens with one attached hydrogen (secondary N) is 1. The molecule has 0 fully saturated rings. The van der Waals surface area contributed by atoms with Crippen LogP contribution in [0.25, 0.3) is 11.1 Å². The van der Waals surface area contributed by atoms with Crippen molar-refractivity contribution in [1.82, 2.24) is 5.32 Å². The van der Waals surface area contributed by atoms with Crippen LogP contribution in [0.2, 0.25) is 0 Å². The summed E-state index contributed by atoms with van der Waals surface area (Å²) in [5, 5.41) is 2.71. The molecule has 6 heteroatoms. The van der Waals surface area contributed by atoms with Gasteiger partial charge in [-0.05, 0) is 35.1 Å². The number of ether oxygens (including phenoxy) is 2. The van der Waals surface area contributed by atoms with Crippen molar-refractivity contribution in [3.05, 3.63) is 59.7 Å². The largest absolute Gasteiger partial charge is 0.450 e. The first-order chi connectivity index (χ1) is 12.7. The third kappa shape index (κ3) is 4.14. The van der Waals surface area contributed by atoms with Gasteiger partial charge in [0.05, 0.1) is 6.61 Å². The molecule has 26 heavy (non-hydrogen) atoms. The van der Waals surface area contributed by atoms with Crippen molar-refractivity contribution in [3.63, 3.8) is 0 Å². The molecule has 0 aromatic heterocycles. The summed E-state index contributed by atoms with van der Waals surface area (Å²) < 4.78 is 10.1. The fourth-order valence-electron chi connectivity index (χ4n) is 3.24. The maximum atomic E-state index is 11.9. The quantitative estimate of drug-likeness (QED) is 0.746. The van der Waals surface area contributed by atoms with Gasteiger partial charge in [-0.25, -0.2) is 9.59 Å². The minimum absolute atomic E-state index is 0.0529. The highest BCUT2D eigenvalue weighted by Gasteiger charge is 2.28. The van der Waals surface area contributed by atoms with Crippen molar-refractivity contribution in [2.75, 3.05) is 19.8 Å². The highest BCUT2D eigenvalue weighted by Crippen LogP contribution is 2.44. The highest BCUT2D eigenvalue weighted by atomic mass is 16.6. The van der Waals surface area contributed by atoms with Crippen LogP contribution >= 0.6 is 0 Å². The molecule has 3 rings (SSSR count). The van der Waals surface area contributed by atoms with E-state index < -0.39 is 12.2 Å². The molecule has 2 aromatic carbocycles. The van der Waals surface area contributed by atoms with E-state index in [4.69, 9.17) is 10.5 Å². The van der Waals surface area contributed by atoms with Crippen molar-refractivity contribution in [3.8, 4) is 11.1 Å². The molecule has 0 saturated carbocycles.